The van der Waals surface area contributed by atoms with Gasteiger partial charge in [0.1, 0.15) is 11.3 Å². The minimum atomic E-state index is -0.197. The molecule has 0 spiro atoms. The molecule has 0 aliphatic carbocycles. The van der Waals surface area contributed by atoms with Crippen molar-refractivity contribution in [3.63, 3.8) is 0 Å². The van der Waals surface area contributed by atoms with Crippen molar-refractivity contribution in [2.75, 3.05) is 11.9 Å². The number of rotatable bonds is 6. The van der Waals surface area contributed by atoms with Gasteiger partial charge in [-0.3, -0.25) is 4.79 Å². The fourth-order valence-electron chi connectivity index (χ4n) is 3.68. The maximum atomic E-state index is 12.2. The van der Waals surface area contributed by atoms with Crippen LogP contribution in [0.25, 0.3) is 11.1 Å². The average molecular weight is 415 g/mol. The van der Waals surface area contributed by atoms with Crippen LogP contribution in [0.1, 0.15) is 33.7 Å². The zero-order valence-corrected chi connectivity index (χ0v) is 18.3. The monoisotopic (exact) mass is 414 g/mol. The summed E-state index contributed by atoms with van der Waals surface area (Å²) in [4.78, 5) is 16.9. The van der Waals surface area contributed by atoms with Gasteiger partial charge >= 0.3 is 0 Å². The number of carbonyl (C=O) groups is 1. The van der Waals surface area contributed by atoms with Crippen LogP contribution in [0, 0.1) is 27.7 Å². The van der Waals surface area contributed by atoms with Crippen LogP contribution >= 0.6 is 0 Å². The largest absolute Gasteiger partial charge is 0.483 e. The molecule has 158 valence electrons. The highest BCUT2D eigenvalue weighted by atomic mass is 16.5. The van der Waals surface area contributed by atoms with E-state index in [1.165, 1.54) is 5.56 Å². The molecule has 0 aliphatic heterocycles. The van der Waals surface area contributed by atoms with Gasteiger partial charge in [0.05, 0.1) is 0 Å². The summed E-state index contributed by atoms with van der Waals surface area (Å²) in [6, 6.07) is 17.7. The van der Waals surface area contributed by atoms with E-state index in [1.807, 2.05) is 69.3 Å². The Bertz CT molecular complexity index is 1240. The van der Waals surface area contributed by atoms with E-state index >= 15 is 0 Å². The highest BCUT2D eigenvalue weighted by Crippen LogP contribution is 2.23. The van der Waals surface area contributed by atoms with E-state index in [1.54, 1.807) is 0 Å². The second kappa shape index (κ2) is 8.64. The molecule has 4 aromatic rings. The first-order valence-corrected chi connectivity index (χ1v) is 10.3. The van der Waals surface area contributed by atoms with Gasteiger partial charge in [-0.1, -0.05) is 35.9 Å². The number of amides is 1. The highest BCUT2D eigenvalue weighted by molar-refractivity contribution is 5.91. The molecule has 31 heavy (non-hydrogen) atoms. The molecule has 0 unspecified atom stereocenters. The van der Waals surface area contributed by atoms with Crippen LogP contribution in [-0.2, 0) is 11.2 Å². The Balaban J connectivity index is 1.35. The molecule has 4 rings (SSSR count). The Kier molecular flexibility index (Phi) is 5.76. The standard InChI is InChI=1S/C26H26N2O3/c1-16-5-10-23(18(3)11-16)30-15-24(29)27-21-8-6-20(7-9-21)14-25-28-22-13-17(2)12-19(4)26(22)31-25/h5-13H,14-15H2,1-4H3,(H,27,29). The third kappa shape index (κ3) is 4.94. The highest BCUT2D eigenvalue weighted by Gasteiger charge is 2.10. The number of benzene rings is 3. The minimum absolute atomic E-state index is 0.0344. The number of oxazole rings is 1. The van der Waals surface area contributed by atoms with Gasteiger partial charge in [-0.05, 0) is 74.2 Å². The topological polar surface area (TPSA) is 64.4 Å². The van der Waals surface area contributed by atoms with Crippen molar-refractivity contribution in [1.29, 1.82) is 0 Å². The lowest BCUT2D eigenvalue weighted by atomic mass is 10.1. The van der Waals surface area contributed by atoms with Crippen molar-refractivity contribution in [2.45, 2.75) is 34.1 Å². The van der Waals surface area contributed by atoms with Gasteiger partial charge < -0.3 is 14.5 Å². The fraction of sp³-hybridized carbons (Fsp3) is 0.231. The summed E-state index contributed by atoms with van der Waals surface area (Å²) in [5.74, 6) is 1.21. The molecule has 0 saturated carbocycles. The number of nitrogens with one attached hydrogen (secondary N) is 1. The summed E-state index contributed by atoms with van der Waals surface area (Å²) in [7, 11) is 0. The van der Waals surface area contributed by atoms with Crippen molar-refractivity contribution >= 4 is 22.7 Å². The van der Waals surface area contributed by atoms with E-state index in [0.29, 0.717) is 12.3 Å². The summed E-state index contributed by atoms with van der Waals surface area (Å²) < 4.78 is 11.6. The number of anilines is 1. The lowest BCUT2D eigenvalue weighted by Crippen LogP contribution is -2.20. The van der Waals surface area contributed by atoms with Gasteiger partial charge in [0.25, 0.3) is 5.91 Å². The van der Waals surface area contributed by atoms with Gasteiger partial charge in [-0.25, -0.2) is 4.98 Å². The van der Waals surface area contributed by atoms with Crippen molar-refractivity contribution in [3.05, 3.63) is 88.3 Å². The van der Waals surface area contributed by atoms with Crippen molar-refractivity contribution in [3.8, 4) is 5.75 Å². The van der Waals surface area contributed by atoms with Crippen LogP contribution in [-0.4, -0.2) is 17.5 Å². The first kappa shape index (κ1) is 20.7. The van der Waals surface area contributed by atoms with Gasteiger partial charge in [0.15, 0.2) is 18.1 Å². The number of hydrogen-bond donors (Lipinski definition) is 1. The van der Waals surface area contributed by atoms with Crippen LogP contribution in [0.2, 0.25) is 0 Å². The number of nitrogens with zero attached hydrogens (tertiary/aromatic N) is 1. The summed E-state index contributed by atoms with van der Waals surface area (Å²) >= 11 is 0. The Labute approximate surface area is 182 Å². The van der Waals surface area contributed by atoms with Crippen LogP contribution in [0.15, 0.2) is 59.0 Å². The summed E-state index contributed by atoms with van der Waals surface area (Å²) in [5.41, 5.74) is 7.96. The Morgan fingerprint density at radius 3 is 2.42 bits per heavy atom. The molecule has 1 amide bonds. The van der Waals surface area contributed by atoms with Gasteiger partial charge in [0.2, 0.25) is 0 Å². The van der Waals surface area contributed by atoms with Crippen molar-refractivity contribution < 1.29 is 13.9 Å². The molecule has 5 heteroatoms. The smallest absolute Gasteiger partial charge is 0.262 e. The normalized spacial score (nSPS) is 11.0. The minimum Gasteiger partial charge on any atom is -0.483 e. The lowest BCUT2D eigenvalue weighted by Gasteiger charge is -2.10. The quantitative estimate of drug-likeness (QED) is 0.441. The second-order valence-electron chi connectivity index (χ2n) is 8.02. The third-order valence-electron chi connectivity index (χ3n) is 5.15. The van der Waals surface area contributed by atoms with Crippen LogP contribution < -0.4 is 10.1 Å². The molecule has 0 aliphatic rings. The van der Waals surface area contributed by atoms with Gasteiger partial charge in [-0.2, -0.15) is 0 Å². The molecule has 0 fully saturated rings. The maximum Gasteiger partial charge on any atom is 0.262 e. The molecule has 3 aromatic carbocycles. The molecular formula is C26H26N2O3. The van der Waals surface area contributed by atoms with Gasteiger partial charge in [0, 0.05) is 12.1 Å². The molecule has 0 radical (unpaired) electrons. The summed E-state index contributed by atoms with van der Waals surface area (Å²) in [5, 5.41) is 2.87. The first-order chi connectivity index (χ1) is 14.9. The van der Waals surface area contributed by atoms with E-state index in [0.717, 1.165) is 44.8 Å². The predicted octanol–water partition coefficient (Wildman–Crippen LogP) is 5.67. The molecule has 1 heterocycles. The summed E-state index contributed by atoms with van der Waals surface area (Å²) in [6.07, 6.45) is 0.594. The SMILES string of the molecule is Cc1ccc(OCC(=O)Nc2ccc(Cc3nc4cc(C)cc(C)c4o3)cc2)c(C)c1. The number of fused-ring (bicyclic) bond motifs is 1. The Hall–Kier alpha value is -3.60. The molecule has 1 N–H and O–H groups in total. The van der Waals surface area contributed by atoms with E-state index in [2.05, 4.69) is 23.3 Å². The first-order valence-electron chi connectivity index (χ1n) is 10.3. The van der Waals surface area contributed by atoms with Gasteiger partial charge in [-0.15, -0.1) is 0 Å². The van der Waals surface area contributed by atoms with Crippen LogP contribution in [0.4, 0.5) is 5.69 Å². The fourth-order valence-corrected chi connectivity index (χ4v) is 3.68. The molecule has 5 nitrogen and oxygen atoms in total. The predicted molar refractivity (Wildman–Crippen MR) is 123 cm³/mol. The van der Waals surface area contributed by atoms with E-state index in [-0.39, 0.29) is 12.5 Å². The van der Waals surface area contributed by atoms with E-state index < -0.39 is 0 Å². The number of aryl methyl sites for hydroxylation is 4. The molecule has 0 saturated heterocycles. The Morgan fingerprint density at radius 1 is 0.935 bits per heavy atom. The Morgan fingerprint density at radius 2 is 1.68 bits per heavy atom. The molecule has 0 atom stereocenters. The van der Waals surface area contributed by atoms with Crippen molar-refractivity contribution in [2.24, 2.45) is 0 Å². The van der Waals surface area contributed by atoms with Crippen LogP contribution in [0.3, 0.4) is 0 Å². The molecular weight excluding hydrogens is 388 g/mol. The van der Waals surface area contributed by atoms with Crippen LogP contribution in [0.5, 0.6) is 5.75 Å². The second-order valence-corrected chi connectivity index (χ2v) is 8.02. The third-order valence-corrected chi connectivity index (χ3v) is 5.15. The molecule has 0 bridgehead atoms. The zero-order chi connectivity index (χ0) is 22.0. The number of aromatic nitrogens is 1. The van der Waals surface area contributed by atoms with E-state index in [9.17, 15) is 4.79 Å². The van der Waals surface area contributed by atoms with E-state index in [4.69, 9.17) is 9.15 Å². The summed E-state index contributed by atoms with van der Waals surface area (Å²) in [6.45, 7) is 8.05. The number of hydrogen-bond acceptors (Lipinski definition) is 4. The maximum absolute atomic E-state index is 12.2. The lowest BCUT2D eigenvalue weighted by molar-refractivity contribution is -0.118. The average Bonchev–Trinajstić information content (AvgIpc) is 3.11. The molecule has 1 aromatic heterocycles. The number of ether oxygens (including phenoxy) is 1. The number of carbonyl (C=O) groups excluding carboxylic acids is 1. The van der Waals surface area contributed by atoms with Crippen molar-refractivity contribution in [1.82, 2.24) is 4.98 Å². The zero-order valence-electron chi connectivity index (χ0n) is 18.3.